The topological polar surface area (TPSA) is 3.24 Å². The minimum atomic E-state index is -0.142. The molecule has 4 rings (SSSR count). The van der Waals surface area contributed by atoms with Crippen molar-refractivity contribution in [3.63, 3.8) is 0 Å². The van der Waals surface area contributed by atoms with Gasteiger partial charge in [-0.2, -0.15) is 0 Å². The van der Waals surface area contributed by atoms with E-state index >= 15 is 0 Å². The van der Waals surface area contributed by atoms with Crippen LogP contribution in [0.15, 0.2) is 77.3 Å². The highest BCUT2D eigenvalue weighted by Gasteiger charge is 2.44. The van der Waals surface area contributed by atoms with Crippen LogP contribution in [0.3, 0.4) is 0 Å². The summed E-state index contributed by atoms with van der Waals surface area (Å²) in [7, 11) is 4.38. The molecule has 0 N–H and O–H groups in total. The van der Waals surface area contributed by atoms with Gasteiger partial charge in [0.1, 0.15) is 0 Å². The third kappa shape index (κ3) is 2.25. The largest absolute Gasteiger partial charge is 0.296 e. The molecule has 24 heavy (non-hydrogen) atoms. The SMILES string of the molecule is CN(C)C1(Cc2ccccc2)c2ccccc2-c2ccc(Br)cc21. The number of halogens is 1. The lowest BCUT2D eigenvalue weighted by atomic mass is 9.80. The highest BCUT2D eigenvalue weighted by molar-refractivity contribution is 9.10. The molecule has 1 atom stereocenters. The number of nitrogens with zero attached hydrogens (tertiary/aromatic N) is 1. The van der Waals surface area contributed by atoms with E-state index in [4.69, 9.17) is 0 Å². The summed E-state index contributed by atoms with van der Waals surface area (Å²) in [4.78, 5) is 2.37. The average Bonchev–Trinajstić information content (AvgIpc) is 2.87. The summed E-state index contributed by atoms with van der Waals surface area (Å²) >= 11 is 3.68. The summed E-state index contributed by atoms with van der Waals surface area (Å²) in [5, 5.41) is 0. The van der Waals surface area contributed by atoms with Crippen molar-refractivity contribution >= 4 is 15.9 Å². The van der Waals surface area contributed by atoms with Gasteiger partial charge in [-0.1, -0.05) is 76.6 Å². The quantitative estimate of drug-likeness (QED) is 0.584. The normalized spacial score (nSPS) is 18.5. The zero-order valence-electron chi connectivity index (χ0n) is 14.0. The fraction of sp³-hybridized carbons (Fsp3) is 0.182. The molecule has 120 valence electrons. The van der Waals surface area contributed by atoms with Gasteiger partial charge < -0.3 is 0 Å². The summed E-state index contributed by atoms with van der Waals surface area (Å²) in [6, 6.07) is 26.3. The van der Waals surface area contributed by atoms with Crippen molar-refractivity contribution in [2.75, 3.05) is 14.1 Å². The Bertz CT molecular complexity index is 885. The predicted octanol–water partition coefficient (Wildman–Crippen LogP) is 5.48. The number of fused-ring (bicyclic) bond motifs is 3. The van der Waals surface area contributed by atoms with Crippen LogP contribution in [0.1, 0.15) is 16.7 Å². The number of benzene rings is 3. The third-order valence-electron chi connectivity index (χ3n) is 5.16. The smallest absolute Gasteiger partial charge is 0.0763 e. The van der Waals surface area contributed by atoms with Gasteiger partial charge in [-0.3, -0.25) is 4.90 Å². The maximum atomic E-state index is 3.68. The second kappa shape index (κ2) is 5.87. The summed E-state index contributed by atoms with van der Waals surface area (Å²) in [5.41, 5.74) is 6.69. The first kappa shape index (κ1) is 15.6. The zero-order valence-corrected chi connectivity index (χ0v) is 15.5. The predicted molar refractivity (Wildman–Crippen MR) is 104 cm³/mol. The van der Waals surface area contributed by atoms with E-state index in [2.05, 4.69) is 108 Å². The van der Waals surface area contributed by atoms with E-state index in [-0.39, 0.29) is 5.54 Å². The molecule has 0 aromatic heterocycles. The molecule has 1 nitrogen and oxygen atoms in total. The van der Waals surface area contributed by atoms with E-state index in [0.717, 1.165) is 10.9 Å². The highest BCUT2D eigenvalue weighted by Crippen LogP contribution is 2.52. The van der Waals surface area contributed by atoms with E-state index in [1.807, 2.05) is 0 Å². The van der Waals surface area contributed by atoms with Gasteiger partial charge in [0, 0.05) is 4.47 Å². The lowest BCUT2D eigenvalue weighted by molar-refractivity contribution is 0.204. The van der Waals surface area contributed by atoms with Crippen molar-refractivity contribution in [2.24, 2.45) is 0 Å². The van der Waals surface area contributed by atoms with Crippen molar-refractivity contribution in [3.8, 4) is 11.1 Å². The molecule has 1 aliphatic rings. The van der Waals surface area contributed by atoms with Crippen LogP contribution in [-0.4, -0.2) is 19.0 Å². The fourth-order valence-corrected chi connectivity index (χ4v) is 4.40. The standard InChI is InChI=1S/C22H20BrN/c1-24(2)22(15-16-8-4-3-5-9-16)20-11-7-6-10-18(20)19-13-12-17(23)14-21(19)22/h3-14H,15H2,1-2H3. The molecule has 0 saturated carbocycles. The highest BCUT2D eigenvalue weighted by atomic mass is 79.9. The second-order valence-corrected chi connectivity index (χ2v) is 7.57. The molecular weight excluding hydrogens is 358 g/mol. The van der Waals surface area contributed by atoms with Crippen molar-refractivity contribution in [1.82, 2.24) is 4.90 Å². The Morgan fingerprint density at radius 1 is 0.792 bits per heavy atom. The Labute approximate surface area is 152 Å². The minimum absolute atomic E-state index is 0.142. The van der Waals surface area contributed by atoms with Crippen molar-refractivity contribution < 1.29 is 0 Å². The molecular formula is C22H20BrN. The van der Waals surface area contributed by atoms with E-state index in [1.165, 1.54) is 27.8 Å². The van der Waals surface area contributed by atoms with Crippen LogP contribution in [-0.2, 0) is 12.0 Å². The van der Waals surface area contributed by atoms with Crippen LogP contribution in [0.25, 0.3) is 11.1 Å². The first-order chi connectivity index (χ1) is 11.6. The minimum Gasteiger partial charge on any atom is -0.296 e. The summed E-state index contributed by atoms with van der Waals surface area (Å²) < 4.78 is 1.13. The number of rotatable bonds is 3. The molecule has 0 fully saturated rings. The van der Waals surface area contributed by atoms with Crippen molar-refractivity contribution in [2.45, 2.75) is 12.0 Å². The van der Waals surface area contributed by atoms with E-state index in [1.54, 1.807) is 0 Å². The molecule has 0 saturated heterocycles. The molecule has 3 aromatic rings. The molecule has 1 aliphatic carbocycles. The Balaban J connectivity index is 2.01. The van der Waals surface area contributed by atoms with Gasteiger partial charge in [0.05, 0.1) is 5.54 Å². The van der Waals surface area contributed by atoms with Crippen LogP contribution in [0.2, 0.25) is 0 Å². The zero-order chi connectivity index (χ0) is 16.7. The molecule has 0 radical (unpaired) electrons. The Hall–Kier alpha value is -1.90. The maximum absolute atomic E-state index is 3.68. The molecule has 0 heterocycles. The molecule has 2 heteroatoms. The lowest BCUT2D eigenvalue weighted by Crippen LogP contribution is -2.43. The van der Waals surface area contributed by atoms with Gasteiger partial charge in [0.25, 0.3) is 0 Å². The van der Waals surface area contributed by atoms with Crippen LogP contribution in [0.5, 0.6) is 0 Å². The van der Waals surface area contributed by atoms with Gasteiger partial charge in [-0.15, -0.1) is 0 Å². The fourth-order valence-electron chi connectivity index (χ4n) is 4.04. The maximum Gasteiger partial charge on any atom is 0.0763 e. The first-order valence-corrected chi connectivity index (χ1v) is 9.03. The molecule has 0 bridgehead atoms. The van der Waals surface area contributed by atoms with Crippen LogP contribution >= 0.6 is 15.9 Å². The van der Waals surface area contributed by atoms with Crippen molar-refractivity contribution in [1.29, 1.82) is 0 Å². The number of hydrogen-bond donors (Lipinski definition) is 0. The third-order valence-corrected chi connectivity index (χ3v) is 5.65. The van der Waals surface area contributed by atoms with E-state index in [0.29, 0.717) is 0 Å². The van der Waals surface area contributed by atoms with Crippen LogP contribution < -0.4 is 0 Å². The molecule has 0 spiro atoms. The molecule has 1 unspecified atom stereocenters. The second-order valence-electron chi connectivity index (χ2n) is 6.65. The summed E-state index contributed by atoms with van der Waals surface area (Å²) in [5.74, 6) is 0. The molecule has 0 amide bonds. The summed E-state index contributed by atoms with van der Waals surface area (Å²) in [6.45, 7) is 0. The van der Waals surface area contributed by atoms with E-state index in [9.17, 15) is 0 Å². The summed E-state index contributed by atoms with van der Waals surface area (Å²) in [6.07, 6.45) is 0.960. The van der Waals surface area contributed by atoms with Gasteiger partial charge >= 0.3 is 0 Å². The van der Waals surface area contributed by atoms with Crippen LogP contribution in [0.4, 0.5) is 0 Å². The van der Waals surface area contributed by atoms with Gasteiger partial charge in [0.15, 0.2) is 0 Å². The van der Waals surface area contributed by atoms with Gasteiger partial charge in [-0.05, 0) is 60.5 Å². The Kier molecular flexibility index (Phi) is 3.82. The Morgan fingerprint density at radius 3 is 2.21 bits per heavy atom. The van der Waals surface area contributed by atoms with Gasteiger partial charge in [-0.25, -0.2) is 0 Å². The van der Waals surface area contributed by atoms with Gasteiger partial charge in [0.2, 0.25) is 0 Å². The lowest BCUT2D eigenvalue weighted by Gasteiger charge is -2.39. The molecule has 0 aliphatic heterocycles. The average molecular weight is 378 g/mol. The monoisotopic (exact) mass is 377 g/mol. The van der Waals surface area contributed by atoms with Crippen molar-refractivity contribution in [3.05, 3.63) is 94.0 Å². The molecule has 3 aromatic carbocycles. The van der Waals surface area contributed by atoms with E-state index < -0.39 is 0 Å². The number of hydrogen-bond acceptors (Lipinski definition) is 1. The number of likely N-dealkylation sites (N-methyl/N-ethyl adjacent to an activating group) is 1. The first-order valence-electron chi connectivity index (χ1n) is 8.24. The Morgan fingerprint density at radius 2 is 1.46 bits per heavy atom. The van der Waals surface area contributed by atoms with Crippen LogP contribution in [0, 0.1) is 0 Å².